The van der Waals surface area contributed by atoms with Gasteiger partial charge in [-0.05, 0) is 80.8 Å². The molecule has 4 atom stereocenters. The topological polar surface area (TPSA) is 171 Å². The molecule has 0 unspecified atom stereocenters. The molecule has 7 rings (SSSR count). The summed E-state index contributed by atoms with van der Waals surface area (Å²) < 4.78 is 44.3. The zero-order chi connectivity index (χ0) is 36.4. The van der Waals surface area contributed by atoms with Gasteiger partial charge in [-0.15, -0.1) is 0 Å². The van der Waals surface area contributed by atoms with Crippen molar-refractivity contribution in [3.63, 3.8) is 0 Å². The normalized spacial score (nSPS) is 21.5. The van der Waals surface area contributed by atoms with E-state index < -0.39 is 33.3 Å². The van der Waals surface area contributed by atoms with E-state index in [0.29, 0.717) is 60.2 Å². The number of carbonyl (C=O) groups is 3. The molecule has 2 aromatic heterocycles. The molecular formula is C39H44N4O8S. The quantitative estimate of drug-likeness (QED) is 0.110. The molecule has 52 heavy (non-hydrogen) atoms. The van der Waals surface area contributed by atoms with Crippen molar-refractivity contribution in [1.29, 1.82) is 0 Å². The van der Waals surface area contributed by atoms with Gasteiger partial charge in [0.05, 0.1) is 24.6 Å². The molecule has 274 valence electrons. The number of sulfonamides is 1. The zero-order valence-electron chi connectivity index (χ0n) is 29.2. The fraction of sp³-hybridized carbons (Fsp3) is 0.436. The van der Waals surface area contributed by atoms with Crippen molar-refractivity contribution in [2.24, 2.45) is 17.6 Å². The van der Waals surface area contributed by atoms with Crippen molar-refractivity contribution < 1.29 is 36.7 Å². The van der Waals surface area contributed by atoms with Gasteiger partial charge in [0.1, 0.15) is 29.0 Å². The maximum Gasteiger partial charge on any atom is 0.240 e. The lowest BCUT2D eigenvalue weighted by Gasteiger charge is -2.22. The van der Waals surface area contributed by atoms with Crippen LogP contribution >= 0.6 is 0 Å². The first-order valence-corrected chi connectivity index (χ1v) is 19.6. The smallest absolute Gasteiger partial charge is 0.240 e. The van der Waals surface area contributed by atoms with Crippen molar-refractivity contribution >= 4 is 49.8 Å². The van der Waals surface area contributed by atoms with Gasteiger partial charge in [-0.25, -0.2) is 13.4 Å². The number of pyridine rings is 1. The first-order chi connectivity index (χ1) is 25.1. The highest BCUT2D eigenvalue weighted by molar-refractivity contribution is 7.90. The van der Waals surface area contributed by atoms with Crippen molar-refractivity contribution in [1.82, 2.24) is 14.6 Å². The molecule has 0 bridgehead atoms. The standard InChI is InChI=1S/C39H44N4O8S/c1-49-26-16-14-24(15-17-26)31-22-34(37-36(41-31)29-11-8-9-12-33(29)51-37)50-27-21-32(38(40)45)43(23-27)35(44)13-7-5-3-2-4-6-10-25-20-30(25)39(46)42-52(47,48)28-18-19-28/h6,8-12,14-17,22,25,27-28,30,32H,2-5,7,13,18-21,23H2,1H3,(H2,40,45)(H,42,46)/b10-6-/t25-,27-,30+,32+/m1/s1. The number of unbranched alkanes of at least 4 members (excludes halogenated alkanes) is 4. The van der Waals surface area contributed by atoms with Crippen molar-refractivity contribution in [3.05, 3.63) is 66.7 Å². The summed E-state index contributed by atoms with van der Waals surface area (Å²) in [5.41, 5.74) is 9.16. The fourth-order valence-corrected chi connectivity index (χ4v) is 8.33. The minimum Gasteiger partial charge on any atom is -0.497 e. The molecule has 1 saturated heterocycles. The molecular weight excluding hydrogens is 685 g/mol. The first-order valence-electron chi connectivity index (χ1n) is 18.1. The number of furan rings is 1. The Morgan fingerprint density at radius 3 is 2.56 bits per heavy atom. The van der Waals surface area contributed by atoms with E-state index >= 15 is 0 Å². The Morgan fingerprint density at radius 2 is 1.81 bits per heavy atom. The number of hydrogen-bond acceptors (Lipinski definition) is 9. The Kier molecular flexibility index (Phi) is 10.2. The SMILES string of the molecule is COc1ccc(-c2cc(O[C@@H]3C[C@@H](C(N)=O)N(C(=O)CCCCCC/C=C\[C@@H]4C[C@@H]4C(=O)NS(=O)(=O)C4CC4)C3)c3oc4ccccc4c3n2)cc1. The zero-order valence-corrected chi connectivity index (χ0v) is 30.0. The van der Waals surface area contributed by atoms with Crippen LogP contribution in [0, 0.1) is 11.8 Å². The number of nitrogens with zero attached hydrogens (tertiary/aromatic N) is 2. The number of carbonyl (C=O) groups excluding carboxylic acids is 3. The maximum atomic E-state index is 13.4. The number of benzene rings is 2. The minimum absolute atomic E-state index is 0.0947. The number of primary amides is 1. The molecule has 2 aromatic carbocycles. The van der Waals surface area contributed by atoms with Gasteiger partial charge in [0.25, 0.3) is 0 Å². The number of rotatable bonds is 16. The summed E-state index contributed by atoms with van der Waals surface area (Å²) in [4.78, 5) is 44.6. The van der Waals surface area contributed by atoms with Gasteiger partial charge in [0.15, 0.2) is 11.3 Å². The van der Waals surface area contributed by atoms with Crippen LogP contribution in [0.3, 0.4) is 0 Å². The number of nitrogens with one attached hydrogen (secondary N) is 1. The summed E-state index contributed by atoms with van der Waals surface area (Å²) in [5, 5.41) is 0.450. The van der Waals surface area contributed by atoms with Gasteiger partial charge in [0.2, 0.25) is 27.7 Å². The predicted octanol–water partition coefficient (Wildman–Crippen LogP) is 5.63. The van der Waals surface area contributed by atoms with Crippen LogP contribution in [0.25, 0.3) is 33.3 Å². The Bertz CT molecular complexity index is 2110. The second-order valence-electron chi connectivity index (χ2n) is 14.0. The number of allylic oxidation sites excluding steroid dienone is 2. The van der Waals surface area contributed by atoms with Crippen LogP contribution in [0.4, 0.5) is 0 Å². The highest BCUT2D eigenvalue weighted by Crippen LogP contribution is 2.41. The molecule has 3 aliphatic rings. The highest BCUT2D eigenvalue weighted by Gasteiger charge is 2.45. The summed E-state index contributed by atoms with van der Waals surface area (Å²) in [6.07, 6.45) is 10.4. The highest BCUT2D eigenvalue weighted by atomic mass is 32.2. The molecule has 1 aliphatic heterocycles. The molecule has 3 amide bonds. The predicted molar refractivity (Wildman–Crippen MR) is 196 cm³/mol. The fourth-order valence-electron chi connectivity index (χ4n) is 6.97. The van der Waals surface area contributed by atoms with Crippen molar-refractivity contribution in [3.8, 4) is 22.8 Å². The summed E-state index contributed by atoms with van der Waals surface area (Å²) in [5.74, 6) is -0.0344. The van der Waals surface area contributed by atoms with E-state index in [1.807, 2.05) is 60.7 Å². The number of para-hydroxylation sites is 1. The van der Waals surface area contributed by atoms with E-state index in [1.54, 1.807) is 12.0 Å². The molecule has 13 heteroatoms. The lowest BCUT2D eigenvalue weighted by Crippen LogP contribution is -2.43. The number of hydrogen-bond donors (Lipinski definition) is 2. The number of amides is 3. The van der Waals surface area contributed by atoms with Gasteiger partial charge < -0.3 is 24.5 Å². The second-order valence-corrected chi connectivity index (χ2v) is 16.0. The molecule has 12 nitrogen and oxygen atoms in total. The number of ether oxygens (including phenoxy) is 2. The first kappa shape index (κ1) is 35.5. The molecule has 2 saturated carbocycles. The monoisotopic (exact) mass is 728 g/mol. The van der Waals surface area contributed by atoms with Crippen LogP contribution in [-0.2, 0) is 24.4 Å². The maximum absolute atomic E-state index is 13.4. The van der Waals surface area contributed by atoms with Crippen molar-refractivity contribution in [2.45, 2.75) is 81.6 Å². The minimum atomic E-state index is -3.50. The summed E-state index contributed by atoms with van der Waals surface area (Å²) in [7, 11) is -1.88. The average Bonchev–Trinajstić information content (AvgIpc) is 4.06. The van der Waals surface area contributed by atoms with Gasteiger partial charge in [-0.3, -0.25) is 19.1 Å². The number of fused-ring (bicyclic) bond motifs is 3. The van der Waals surface area contributed by atoms with E-state index in [0.717, 1.165) is 42.4 Å². The molecule has 3 fully saturated rings. The number of likely N-dealkylation sites (tertiary alicyclic amines) is 1. The van der Waals surface area contributed by atoms with Crippen LogP contribution in [0.5, 0.6) is 11.5 Å². The van der Waals surface area contributed by atoms with Crippen LogP contribution < -0.4 is 19.9 Å². The van der Waals surface area contributed by atoms with E-state index in [4.69, 9.17) is 24.6 Å². The molecule has 3 N–H and O–H groups in total. The van der Waals surface area contributed by atoms with Gasteiger partial charge in [-0.1, -0.05) is 37.1 Å². The summed E-state index contributed by atoms with van der Waals surface area (Å²) >= 11 is 0. The third kappa shape index (κ3) is 7.94. The molecule has 0 radical (unpaired) electrons. The Hall–Kier alpha value is -4.91. The van der Waals surface area contributed by atoms with E-state index in [9.17, 15) is 22.8 Å². The van der Waals surface area contributed by atoms with Gasteiger partial charge >= 0.3 is 0 Å². The average molecular weight is 729 g/mol. The van der Waals surface area contributed by atoms with Crippen LogP contribution in [0.15, 0.2) is 71.2 Å². The molecule has 3 heterocycles. The summed E-state index contributed by atoms with van der Waals surface area (Å²) in [6, 6.07) is 16.3. The molecule has 0 spiro atoms. The Morgan fingerprint density at radius 1 is 1.04 bits per heavy atom. The van der Waals surface area contributed by atoms with Crippen LogP contribution in [-0.4, -0.2) is 67.1 Å². The Balaban J connectivity index is 0.912. The van der Waals surface area contributed by atoms with E-state index in [-0.39, 0.29) is 36.6 Å². The summed E-state index contributed by atoms with van der Waals surface area (Å²) in [6.45, 7) is 0.228. The molecule has 4 aromatic rings. The number of nitrogens with two attached hydrogens (primary N) is 1. The van der Waals surface area contributed by atoms with Crippen molar-refractivity contribution in [2.75, 3.05) is 13.7 Å². The largest absolute Gasteiger partial charge is 0.497 e. The third-order valence-electron chi connectivity index (χ3n) is 10.2. The van der Waals surface area contributed by atoms with Gasteiger partial charge in [-0.2, -0.15) is 0 Å². The lowest BCUT2D eigenvalue weighted by molar-refractivity contribution is -0.137. The number of methoxy groups -OCH3 is 1. The van der Waals surface area contributed by atoms with E-state index in [2.05, 4.69) is 10.8 Å². The van der Waals surface area contributed by atoms with Crippen LogP contribution in [0.2, 0.25) is 0 Å². The van der Waals surface area contributed by atoms with Crippen LogP contribution in [0.1, 0.15) is 64.2 Å². The van der Waals surface area contributed by atoms with Gasteiger partial charge in [0, 0.05) is 35.8 Å². The molecule has 2 aliphatic carbocycles. The number of aromatic nitrogens is 1. The third-order valence-corrected chi connectivity index (χ3v) is 12.0. The van der Waals surface area contributed by atoms with E-state index in [1.165, 1.54) is 0 Å². The second kappa shape index (κ2) is 15.0. The Labute approximate surface area is 302 Å². The lowest BCUT2D eigenvalue weighted by atomic mass is 10.1.